The zero-order valence-corrected chi connectivity index (χ0v) is 12.8. The molecular formula is C12H15ClN4S2. The van der Waals surface area contributed by atoms with Crippen LogP contribution in [-0.2, 0) is 0 Å². The number of rotatable bonds is 4. The summed E-state index contributed by atoms with van der Waals surface area (Å²) in [4.78, 5) is 11.9. The molecule has 0 amide bonds. The van der Waals surface area contributed by atoms with Gasteiger partial charge in [-0.3, -0.25) is 4.90 Å². The van der Waals surface area contributed by atoms with E-state index in [0.717, 1.165) is 29.1 Å². The minimum Gasteiger partial charge on any atom is -0.368 e. The van der Waals surface area contributed by atoms with Gasteiger partial charge in [-0.1, -0.05) is 0 Å². The fraction of sp³-hybridized carbons (Fsp3) is 0.500. The molecule has 0 aliphatic carbocycles. The van der Waals surface area contributed by atoms with Gasteiger partial charge in [-0.2, -0.15) is 11.8 Å². The highest BCUT2D eigenvalue weighted by atomic mass is 35.5. The van der Waals surface area contributed by atoms with Crippen molar-refractivity contribution < 1.29 is 0 Å². The first kappa shape index (κ1) is 13.4. The zero-order chi connectivity index (χ0) is 13.1. The molecule has 7 heteroatoms. The Hall–Kier alpha value is -0.560. The van der Waals surface area contributed by atoms with Gasteiger partial charge in [0, 0.05) is 37.7 Å². The molecule has 0 saturated carbocycles. The Labute approximate surface area is 125 Å². The van der Waals surface area contributed by atoms with E-state index in [2.05, 4.69) is 20.2 Å². The Bertz CT molecular complexity index is 554. The molecule has 1 aliphatic rings. The Kier molecular flexibility index (Phi) is 4.42. The first-order valence-corrected chi connectivity index (χ1v) is 8.69. The average molecular weight is 315 g/mol. The summed E-state index contributed by atoms with van der Waals surface area (Å²) in [6.45, 7) is 4.31. The summed E-state index contributed by atoms with van der Waals surface area (Å²) in [5, 5.41) is 6.77. The summed E-state index contributed by atoms with van der Waals surface area (Å²) in [7, 11) is 0. The highest BCUT2D eigenvalue weighted by Crippen LogP contribution is 2.26. The van der Waals surface area contributed by atoms with Gasteiger partial charge in [0.05, 0.1) is 5.39 Å². The molecule has 0 atom stereocenters. The quantitative estimate of drug-likeness (QED) is 0.879. The lowest BCUT2D eigenvalue weighted by atomic mass is 10.3. The predicted molar refractivity (Wildman–Crippen MR) is 84.7 cm³/mol. The molecule has 1 aliphatic heterocycles. The molecule has 0 unspecified atom stereocenters. The maximum Gasteiger partial charge on any atom is 0.225 e. The summed E-state index contributed by atoms with van der Waals surface area (Å²) in [5.74, 6) is 3.34. The van der Waals surface area contributed by atoms with Crippen molar-refractivity contribution in [1.29, 1.82) is 0 Å². The lowest BCUT2D eigenvalue weighted by Gasteiger charge is -2.26. The van der Waals surface area contributed by atoms with Crippen LogP contribution in [0, 0.1) is 0 Å². The summed E-state index contributed by atoms with van der Waals surface area (Å²) in [6, 6.07) is 2.04. The molecule has 3 rings (SSSR count). The van der Waals surface area contributed by atoms with E-state index in [1.165, 1.54) is 24.6 Å². The molecule has 0 spiro atoms. The number of hydrogen-bond donors (Lipinski definition) is 1. The van der Waals surface area contributed by atoms with Crippen molar-refractivity contribution in [1.82, 2.24) is 14.9 Å². The van der Waals surface area contributed by atoms with Gasteiger partial charge in [-0.15, -0.1) is 11.3 Å². The summed E-state index contributed by atoms with van der Waals surface area (Å²) < 4.78 is 0. The third-order valence-electron chi connectivity index (χ3n) is 3.12. The highest BCUT2D eigenvalue weighted by molar-refractivity contribution is 7.99. The summed E-state index contributed by atoms with van der Waals surface area (Å²) in [5.41, 5.74) is 0. The van der Waals surface area contributed by atoms with E-state index >= 15 is 0 Å². The van der Waals surface area contributed by atoms with E-state index in [-0.39, 0.29) is 0 Å². The zero-order valence-electron chi connectivity index (χ0n) is 10.4. The van der Waals surface area contributed by atoms with Crippen LogP contribution in [0.25, 0.3) is 10.2 Å². The first-order valence-electron chi connectivity index (χ1n) is 6.27. The maximum atomic E-state index is 5.94. The summed E-state index contributed by atoms with van der Waals surface area (Å²) >= 11 is 9.56. The molecule has 2 aromatic rings. The Morgan fingerprint density at radius 2 is 2.16 bits per heavy atom. The number of fused-ring (bicyclic) bond motifs is 1. The third-order valence-corrected chi connectivity index (χ3v) is 5.04. The van der Waals surface area contributed by atoms with Crippen molar-refractivity contribution >= 4 is 50.7 Å². The number of aromatic nitrogens is 2. The summed E-state index contributed by atoms with van der Waals surface area (Å²) in [6.07, 6.45) is 0. The molecular weight excluding hydrogens is 300 g/mol. The van der Waals surface area contributed by atoms with Gasteiger partial charge in [0.25, 0.3) is 0 Å². The number of thiophene rings is 1. The van der Waals surface area contributed by atoms with Crippen LogP contribution in [0.3, 0.4) is 0 Å². The predicted octanol–water partition coefficient (Wildman–Crippen LogP) is 2.81. The van der Waals surface area contributed by atoms with Gasteiger partial charge in [0.1, 0.15) is 10.6 Å². The second-order valence-corrected chi connectivity index (χ2v) is 6.82. The Morgan fingerprint density at radius 3 is 3.00 bits per heavy atom. The van der Waals surface area contributed by atoms with Crippen LogP contribution >= 0.6 is 34.7 Å². The highest BCUT2D eigenvalue weighted by Gasteiger charge is 2.11. The van der Waals surface area contributed by atoms with Crippen LogP contribution in [-0.4, -0.2) is 52.6 Å². The van der Waals surface area contributed by atoms with Crippen molar-refractivity contribution in [2.75, 3.05) is 43.0 Å². The number of nitrogens with zero attached hydrogens (tertiary/aromatic N) is 3. The van der Waals surface area contributed by atoms with Gasteiger partial charge < -0.3 is 5.32 Å². The van der Waals surface area contributed by atoms with Crippen molar-refractivity contribution in [3.63, 3.8) is 0 Å². The largest absolute Gasteiger partial charge is 0.368 e. The number of anilines is 1. The van der Waals surface area contributed by atoms with Crippen LogP contribution in [0.5, 0.6) is 0 Å². The molecule has 1 N–H and O–H groups in total. The van der Waals surface area contributed by atoms with E-state index in [1.807, 2.05) is 23.2 Å². The first-order chi connectivity index (χ1) is 9.33. The van der Waals surface area contributed by atoms with Crippen molar-refractivity contribution in [2.24, 2.45) is 0 Å². The SMILES string of the molecule is Clc1nc(NCCN2CCSCC2)c2ccsc2n1. The smallest absolute Gasteiger partial charge is 0.225 e. The van der Waals surface area contributed by atoms with Crippen LogP contribution in [0.4, 0.5) is 5.82 Å². The van der Waals surface area contributed by atoms with E-state index in [9.17, 15) is 0 Å². The molecule has 4 nitrogen and oxygen atoms in total. The lowest BCUT2D eigenvalue weighted by molar-refractivity contribution is 0.314. The minimum absolute atomic E-state index is 0.312. The molecule has 1 fully saturated rings. The lowest BCUT2D eigenvalue weighted by Crippen LogP contribution is -2.36. The number of hydrogen-bond acceptors (Lipinski definition) is 6. The number of thioether (sulfide) groups is 1. The van der Waals surface area contributed by atoms with Gasteiger partial charge in [0.15, 0.2) is 0 Å². The molecule has 102 valence electrons. The van der Waals surface area contributed by atoms with Gasteiger partial charge in [-0.05, 0) is 23.0 Å². The minimum atomic E-state index is 0.312. The van der Waals surface area contributed by atoms with E-state index in [1.54, 1.807) is 11.3 Å². The second kappa shape index (κ2) is 6.26. The topological polar surface area (TPSA) is 41.1 Å². The van der Waals surface area contributed by atoms with E-state index in [4.69, 9.17) is 11.6 Å². The molecule has 0 bridgehead atoms. The van der Waals surface area contributed by atoms with Gasteiger partial charge in [-0.25, -0.2) is 9.97 Å². The van der Waals surface area contributed by atoms with Gasteiger partial charge in [0.2, 0.25) is 5.28 Å². The van der Waals surface area contributed by atoms with Crippen LogP contribution in [0.2, 0.25) is 5.28 Å². The monoisotopic (exact) mass is 314 g/mol. The molecule has 2 aromatic heterocycles. The number of halogens is 1. The van der Waals surface area contributed by atoms with E-state index in [0.29, 0.717) is 5.28 Å². The second-order valence-electron chi connectivity index (χ2n) is 4.36. The Morgan fingerprint density at radius 1 is 1.32 bits per heavy atom. The Balaban J connectivity index is 1.63. The molecule has 3 heterocycles. The molecule has 19 heavy (non-hydrogen) atoms. The number of nitrogens with one attached hydrogen (secondary N) is 1. The normalized spacial score (nSPS) is 16.9. The third kappa shape index (κ3) is 3.31. The van der Waals surface area contributed by atoms with Crippen LogP contribution in [0.15, 0.2) is 11.4 Å². The van der Waals surface area contributed by atoms with Crippen molar-refractivity contribution in [3.8, 4) is 0 Å². The molecule has 0 radical (unpaired) electrons. The standard InChI is InChI=1S/C12H15ClN4S2/c13-12-15-10(9-1-6-19-11(9)16-12)14-2-3-17-4-7-18-8-5-17/h1,6H,2-5,7-8H2,(H,14,15,16). The molecule has 0 aromatic carbocycles. The average Bonchev–Trinajstić information content (AvgIpc) is 2.88. The van der Waals surface area contributed by atoms with Crippen molar-refractivity contribution in [2.45, 2.75) is 0 Å². The fourth-order valence-electron chi connectivity index (χ4n) is 2.12. The maximum absolute atomic E-state index is 5.94. The van der Waals surface area contributed by atoms with Crippen LogP contribution < -0.4 is 5.32 Å². The van der Waals surface area contributed by atoms with E-state index < -0.39 is 0 Å². The fourth-order valence-corrected chi connectivity index (χ4v) is 4.08. The van der Waals surface area contributed by atoms with Crippen molar-refractivity contribution in [3.05, 3.63) is 16.7 Å². The molecule has 1 saturated heterocycles. The van der Waals surface area contributed by atoms with Crippen LogP contribution in [0.1, 0.15) is 0 Å². The van der Waals surface area contributed by atoms with Gasteiger partial charge >= 0.3 is 0 Å².